The summed E-state index contributed by atoms with van der Waals surface area (Å²) in [6.07, 6.45) is -3.43. The van der Waals surface area contributed by atoms with E-state index in [0.29, 0.717) is 0 Å². The van der Waals surface area contributed by atoms with Gasteiger partial charge in [0.25, 0.3) is 0 Å². The number of hydrogen-bond donors (Lipinski definition) is 1. The van der Waals surface area contributed by atoms with E-state index in [1.807, 2.05) is 6.92 Å². The van der Waals surface area contributed by atoms with E-state index in [4.69, 9.17) is 14.2 Å². The summed E-state index contributed by atoms with van der Waals surface area (Å²) in [5.74, 6) is 0. The van der Waals surface area contributed by atoms with Gasteiger partial charge in [-0.15, -0.1) is 0 Å². The average molecular weight is 314 g/mol. The molecule has 0 spiro atoms. The molecule has 3 saturated heterocycles. The van der Waals surface area contributed by atoms with E-state index in [1.54, 1.807) is 24.3 Å². The summed E-state index contributed by atoms with van der Waals surface area (Å²) in [5, 5.41) is 9.20. The van der Waals surface area contributed by atoms with Crippen LogP contribution in [0.1, 0.15) is 5.56 Å². The first-order valence-corrected chi connectivity index (χ1v) is 8.28. The van der Waals surface area contributed by atoms with Crippen molar-refractivity contribution >= 4 is 9.84 Å². The molecular weight excluding hydrogens is 296 g/mol. The SMILES string of the molecule is CO[C@H]1O[C@@H]2CO[C@H]1[C@@H](S(=O)(=O)c1ccc(C)cc1)[C@@H]2O. The second-order valence-corrected chi connectivity index (χ2v) is 7.50. The number of aliphatic hydroxyl groups is 1. The van der Waals surface area contributed by atoms with Crippen LogP contribution in [0.25, 0.3) is 0 Å². The molecule has 0 radical (unpaired) electrons. The number of aliphatic hydroxyl groups excluding tert-OH is 1. The third-order valence-electron chi connectivity index (χ3n) is 4.01. The molecule has 6 nitrogen and oxygen atoms in total. The van der Waals surface area contributed by atoms with Crippen molar-refractivity contribution in [2.24, 2.45) is 0 Å². The molecule has 0 aromatic heterocycles. The molecule has 1 aromatic carbocycles. The molecule has 1 N–H and O–H groups in total. The molecule has 0 saturated carbocycles. The maximum absolute atomic E-state index is 12.8. The van der Waals surface area contributed by atoms with Crippen LogP contribution in [0, 0.1) is 6.92 Å². The van der Waals surface area contributed by atoms with Gasteiger partial charge in [0.05, 0.1) is 11.5 Å². The largest absolute Gasteiger partial charge is 0.389 e. The molecule has 3 aliphatic heterocycles. The van der Waals surface area contributed by atoms with E-state index in [1.165, 1.54) is 7.11 Å². The van der Waals surface area contributed by atoms with Crippen LogP contribution in [0.4, 0.5) is 0 Å². The highest BCUT2D eigenvalue weighted by Crippen LogP contribution is 2.36. The Hall–Kier alpha value is -0.990. The maximum atomic E-state index is 12.8. The van der Waals surface area contributed by atoms with Crippen molar-refractivity contribution in [2.45, 2.75) is 41.7 Å². The van der Waals surface area contributed by atoms with Crippen molar-refractivity contribution in [3.05, 3.63) is 29.8 Å². The summed E-state index contributed by atoms with van der Waals surface area (Å²) in [5.41, 5.74) is 0.967. The Labute approximate surface area is 123 Å². The zero-order chi connectivity index (χ0) is 15.2. The first-order chi connectivity index (χ1) is 9.95. The van der Waals surface area contributed by atoms with Crippen LogP contribution in [-0.4, -0.2) is 57.1 Å². The van der Waals surface area contributed by atoms with Crippen LogP contribution in [0.15, 0.2) is 29.2 Å². The highest BCUT2D eigenvalue weighted by molar-refractivity contribution is 7.92. The fraction of sp³-hybridized carbons (Fsp3) is 0.571. The lowest BCUT2D eigenvalue weighted by Gasteiger charge is -2.48. The molecule has 0 aliphatic carbocycles. The monoisotopic (exact) mass is 314 g/mol. The van der Waals surface area contributed by atoms with Gasteiger partial charge in [-0.05, 0) is 19.1 Å². The molecule has 0 unspecified atom stereocenters. The molecule has 2 bridgehead atoms. The Bertz CT molecular complexity index is 611. The minimum Gasteiger partial charge on any atom is -0.389 e. The summed E-state index contributed by atoms with van der Waals surface area (Å²) < 4.78 is 41.7. The van der Waals surface area contributed by atoms with E-state index in [2.05, 4.69) is 0 Å². The quantitative estimate of drug-likeness (QED) is 0.862. The standard InChI is InChI=1S/C14H18O6S/c1-8-3-5-9(6-4-8)21(16,17)13-11(15)10-7-19-12(13)14(18-2)20-10/h3-6,10-15H,7H2,1-2H3/t10-,11-,12+,13+,14+/m1/s1. The highest BCUT2D eigenvalue weighted by Gasteiger charge is 2.56. The van der Waals surface area contributed by atoms with Crippen molar-refractivity contribution in [3.63, 3.8) is 0 Å². The van der Waals surface area contributed by atoms with Gasteiger partial charge in [-0.1, -0.05) is 17.7 Å². The van der Waals surface area contributed by atoms with E-state index in [9.17, 15) is 13.5 Å². The Morgan fingerprint density at radius 2 is 1.95 bits per heavy atom. The molecule has 7 heteroatoms. The molecule has 4 rings (SSSR count). The molecule has 3 heterocycles. The molecule has 1 aromatic rings. The predicted molar refractivity (Wildman–Crippen MR) is 73.6 cm³/mol. The van der Waals surface area contributed by atoms with Crippen LogP contribution in [0.2, 0.25) is 0 Å². The summed E-state index contributed by atoms with van der Waals surface area (Å²) in [4.78, 5) is 0.170. The number of hydrogen-bond acceptors (Lipinski definition) is 6. The smallest absolute Gasteiger partial charge is 0.186 e. The number of aryl methyl sites for hydroxylation is 1. The normalized spacial score (nSPS) is 35.9. The third-order valence-corrected chi connectivity index (χ3v) is 6.20. The Morgan fingerprint density at radius 1 is 1.29 bits per heavy atom. The highest BCUT2D eigenvalue weighted by atomic mass is 32.2. The topological polar surface area (TPSA) is 82.1 Å². The Kier molecular flexibility index (Phi) is 3.79. The maximum Gasteiger partial charge on any atom is 0.186 e. The number of ether oxygens (including phenoxy) is 3. The van der Waals surface area contributed by atoms with Gasteiger partial charge in [0.1, 0.15) is 23.6 Å². The van der Waals surface area contributed by atoms with E-state index < -0.39 is 39.7 Å². The van der Waals surface area contributed by atoms with E-state index in [0.717, 1.165) is 5.56 Å². The van der Waals surface area contributed by atoms with Gasteiger partial charge in [0.15, 0.2) is 16.1 Å². The molecular formula is C14H18O6S. The second-order valence-electron chi connectivity index (χ2n) is 5.39. The molecule has 3 aliphatic rings. The van der Waals surface area contributed by atoms with E-state index in [-0.39, 0.29) is 11.5 Å². The second kappa shape index (κ2) is 5.33. The zero-order valence-electron chi connectivity index (χ0n) is 11.8. The van der Waals surface area contributed by atoms with Gasteiger partial charge in [-0.3, -0.25) is 0 Å². The van der Waals surface area contributed by atoms with Gasteiger partial charge in [-0.2, -0.15) is 0 Å². The van der Waals surface area contributed by atoms with Crippen LogP contribution >= 0.6 is 0 Å². The van der Waals surface area contributed by atoms with Gasteiger partial charge < -0.3 is 19.3 Å². The molecule has 21 heavy (non-hydrogen) atoms. The molecule has 116 valence electrons. The fourth-order valence-corrected chi connectivity index (χ4v) is 4.78. The van der Waals surface area contributed by atoms with Crippen molar-refractivity contribution in [2.75, 3.05) is 13.7 Å². The van der Waals surface area contributed by atoms with Crippen molar-refractivity contribution in [1.82, 2.24) is 0 Å². The summed E-state index contributed by atoms with van der Waals surface area (Å²) >= 11 is 0. The van der Waals surface area contributed by atoms with Gasteiger partial charge in [0, 0.05) is 7.11 Å². The minimum absolute atomic E-state index is 0.170. The number of fused-ring (bicyclic) bond motifs is 3. The summed E-state index contributed by atoms with van der Waals surface area (Å²) in [6.45, 7) is 2.05. The lowest BCUT2D eigenvalue weighted by molar-refractivity contribution is -0.316. The van der Waals surface area contributed by atoms with Crippen LogP contribution in [-0.2, 0) is 24.0 Å². The number of sulfone groups is 1. The van der Waals surface area contributed by atoms with Crippen molar-refractivity contribution in [1.29, 1.82) is 0 Å². The molecule has 3 fully saturated rings. The molecule has 5 atom stereocenters. The lowest BCUT2D eigenvalue weighted by atomic mass is 9.99. The lowest BCUT2D eigenvalue weighted by Crippen LogP contribution is -2.67. The van der Waals surface area contributed by atoms with Gasteiger partial charge >= 0.3 is 0 Å². The van der Waals surface area contributed by atoms with Crippen LogP contribution in [0.3, 0.4) is 0 Å². The average Bonchev–Trinajstić information content (AvgIpc) is 2.48. The first kappa shape index (κ1) is 14.9. The fourth-order valence-electron chi connectivity index (χ4n) is 2.84. The Morgan fingerprint density at radius 3 is 2.57 bits per heavy atom. The predicted octanol–water partition coefficient (Wildman–Crippen LogP) is 0.268. The molecule has 0 amide bonds. The van der Waals surface area contributed by atoms with Crippen LogP contribution in [0.5, 0.6) is 0 Å². The summed E-state index contributed by atoms with van der Waals surface area (Å²) in [6, 6.07) is 6.54. The number of methoxy groups -OCH3 is 1. The zero-order valence-corrected chi connectivity index (χ0v) is 12.6. The first-order valence-electron chi connectivity index (χ1n) is 6.73. The third kappa shape index (κ3) is 2.39. The van der Waals surface area contributed by atoms with E-state index >= 15 is 0 Å². The van der Waals surface area contributed by atoms with Crippen molar-refractivity contribution in [3.8, 4) is 0 Å². The van der Waals surface area contributed by atoms with Gasteiger partial charge in [-0.25, -0.2) is 8.42 Å². The Balaban J connectivity index is 1.99. The summed E-state index contributed by atoms with van der Waals surface area (Å²) in [7, 11) is -2.31. The number of rotatable bonds is 3. The minimum atomic E-state index is -3.74. The van der Waals surface area contributed by atoms with Crippen molar-refractivity contribution < 1.29 is 27.7 Å². The van der Waals surface area contributed by atoms with Gasteiger partial charge in [0.2, 0.25) is 0 Å². The number of benzene rings is 1. The van der Waals surface area contributed by atoms with Crippen LogP contribution < -0.4 is 0 Å².